The molecule has 0 amide bonds. The van der Waals surface area contributed by atoms with Crippen molar-refractivity contribution in [3.63, 3.8) is 0 Å². The van der Waals surface area contributed by atoms with Crippen LogP contribution in [0.3, 0.4) is 0 Å². The van der Waals surface area contributed by atoms with Gasteiger partial charge < -0.3 is 4.74 Å². The van der Waals surface area contributed by atoms with E-state index in [2.05, 4.69) is 11.2 Å². The Morgan fingerprint density at radius 2 is 1.85 bits per heavy atom. The van der Waals surface area contributed by atoms with E-state index in [9.17, 15) is 0 Å². The standard InChI is InChI=1S/C16H13N2O.Pt/c1-13-11-12-18(17-13)15-9-5-6-10-16(15)19-14-7-3-2-4-8-14;/h2-8,10-12H,1H3;/q-1;. The van der Waals surface area contributed by atoms with Gasteiger partial charge in [0.05, 0.1) is 5.69 Å². The van der Waals surface area contributed by atoms with Gasteiger partial charge in [0, 0.05) is 33.0 Å². The predicted molar refractivity (Wildman–Crippen MR) is 73.7 cm³/mol. The Morgan fingerprint density at radius 1 is 1.05 bits per heavy atom. The summed E-state index contributed by atoms with van der Waals surface area (Å²) in [7, 11) is 0. The molecule has 0 aliphatic heterocycles. The molecule has 3 rings (SSSR count). The maximum absolute atomic E-state index is 5.88. The Hall–Kier alpha value is -1.86. The minimum atomic E-state index is 0. The molecule has 0 aliphatic carbocycles. The number of ether oxygens (including phenoxy) is 1. The molecule has 0 atom stereocenters. The second-order valence-electron chi connectivity index (χ2n) is 4.20. The van der Waals surface area contributed by atoms with Crippen LogP contribution in [0, 0.1) is 13.0 Å². The van der Waals surface area contributed by atoms with Crippen LogP contribution in [-0.2, 0) is 21.1 Å². The number of rotatable bonds is 3. The van der Waals surface area contributed by atoms with E-state index in [0.717, 1.165) is 22.9 Å². The molecule has 0 unspecified atom stereocenters. The van der Waals surface area contributed by atoms with Gasteiger partial charge >= 0.3 is 0 Å². The maximum Gasteiger partial charge on any atom is 0.110 e. The van der Waals surface area contributed by atoms with Crippen LogP contribution in [-0.4, -0.2) is 9.78 Å². The number of hydrogen-bond acceptors (Lipinski definition) is 2. The number of aromatic nitrogens is 2. The molecule has 0 aliphatic rings. The van der Waals surface area contributed by atoms with Gasteiger partial charge in [0.15, 0.2) is 0 Å². The summed E-state index contributed by atoms with van der Waals surface area (Å²) in [6.45, 7) is 1.96. The second kappa shape index (κ2) is 6.53. The molecular weight excluding hydrogens is 431 g/mol. The fourth-order valence-corrected chi connectivity index (χ4v) is 1.83. The summed E-state index contributed by atoms with van der Waals surface area (Å²) >= 11 is 0. The van der Waals surface area contributed by atoms with Crippen molar-refractivity contribution in [2.24, 2.45) is 0 Å². The molecule has 0 N–H and O–H groups in total. The Balaban J connectivity index is 0.00000147. The van der Waals surface area contributed by atoms with Crippen LogP contribution in [0.2, 0.25) is 0 Å². The molecule has 3 nitrogen and oxygen atoms in total. The van der Waals surface area contributed by atoms with Crippen LogP contribution in [0.25, 0.3) is 5.69 Å². The van der Waals surface area contributed by atoms with Crippen molar-refractivity contribution >= 4 is 0 Å². The summed E-state index contributed by atoms with van der Waals surface area (Å²) in [5.41, 5.74) is 1.77. The molecule has 1 aromatic heterocycles. The summed E-state index contributed by atoms with van der Waals surface area (Å²) in [5.74, 6) is 1.53. The van der Waals surface area contributed by atoms with Crippen molar-refractivity contribution in [3.8, 4) is 17.2 Å². The number of hydrogen-bond donors (Lipinski definition) is 0. The van der Waals surface area contributed by atoms with Gasteiger partial charge in [0.1, 0.15) is 5.75 Å². The molecule has 4 heteroatoms. The molecule has 1 heterocycles. The molecule has 0 bridgehead atoms. The van der Waals surface area contributed by atoms with Crippen molar-refractivity contribution in [2.45, 2.75) is 6.92 Å². The predicted octanol–water partition coefficient (Wildman–Crippen LogP) is 3.77. The first-order valence-corrected chi connectivity index (χ1v) is 6.09. The minimum Gasteiger partial charge on any atom is -0.515 e. The smallest absolute Gasteiger partial charge is 0.110 e. The minimum absolute atomic E-state index is 0. The monoisotopic (exact) mass is 444 g/mol. The van der Waals surface area contributed by atoms with Gasteiger partial charge in [-0.15, -0.1) is 6.07 Å². The first-order valence-electron chi connectivity index (χ1n) is 6.09. The van der Waals surface area contributed by atoms with Gasteiger partial charge in [0.25, 0.3) is 0 Å². The Morgan fingerprint density at radius 3 is 2.55 bits per heavy atom. The van der Waals surface area contributed by atoms with Crippen LogP contribution in [0.15, 0.2) is 60.8 Å². The number of benzene rings is 2. The average molecular weight is 444 g/mol. The summed E-state index contributed by atoms with van der Waals surface area (Å²) in [6.07, 6.45) is 1.90. The van der Waals surface area contributed by atoms with Gasteiger partial charge in [-0.3, -0.25) is 4.68 Å². The van der Waals surface area contributed by atoms with Crippen molar-refractivity contribution < 1.29 is 25.8 Å². The fraction of sp³-hybridized carbons (Fsp3) is 0.0625. The van der Waals surface area contributed by atoms with Crippen LogP contribution in [0.1, 0.15) is 5.69 Å². The largest absolute Gasteiger partial charge is 0.515 e. The molecule has 0 spiro atoms. The fourth-order valence-electron chi connectivity index (χ4n) is 1.83. The van der Waals surface area contributed by atoms with E-state index in [1.165, 1.54) is 0 Å². The molecular formula is C16H13N2OPt-. The quantitative estimate of drug-likeness (QED) is 0.576. The van der Waals surface area contributed by atoms with Crippen molar-refractivity contribution in [1.82, 2.24) is 9.78 Å². The third-order valence-corrected chi connectivity index (χ3v) is 2.72. The summed E-state index contributed by atoms with van der Waals surface area (Å²) in [6, 6.07) is 20.5. The van der Waals surface area contributed by atoms with Crippen LogP contribution in [0.5, 0.6) is 11.5 Å². The third-order valence-electron chi connectivity index (χ3n) is 2.72. The molecule has 20 heavy (non-hydrogen) atoms. The molecule has 0 fully saturated rings. The number of nitrogens with zero attached hydrogens (tertiary/aromatic N) is 2. The van der Waals surface area contributed by atoms with Gasteiger partial charge in [-0.25, -0.2) is 0 Å². The normalized spacial score (nSPS) is 9.85. The van der Waals surface area contributed by atoms with Crippen LogP contribution in [0.4, 0.5) is 0 Å². The van der Waals surface area contributed by atoms with E-state index in [1.807, 2.05) is 67.7 Å². The third kappa shape index (κ3) is 3.17. The maximum atomic E-state index is 5.88. The van der Waals surface area contributed by atoms with E-state index in [4.69, 9.17) is 4.74 Å². The van der Waals surface area contributed by atoms with Gasteiger partial charge in [-0.1, -0.05) is 18.2 Å². The zero-order valence-corrected chi connectivity index (χ0v) is 13.2. The van der Waals surface area contributed by atoms with Crippen molar-refractivity contribution in [3.05, 3.63) is 72.6 Å². The van der Waals surface area contributed by atoms with Crippen molar-refractivity contribution in [2.75, 3.05) is 0 Å². The van der Waals surface area contributed by atoms with E-state index in [0.29, 0.717) is 0 Å². The second-order valence-corrected chi connectivity index (χ2v) is 4.20. The molecule has 3 aromatic rings. The molecule has 0 saturated heterocycles. The van der Waals surface area contributed by atoms with Crippen LogP contribution >= 0.6 is 0 Å². The number of aryl methyl sites for hydroxylation is 1. The summed E-state index contributed by atoms with van der Waals surface area (Å²) in [4.78, 5) is 0. The first kappa shape index (κ1) is 14.5. The van der Waals surface area contributed by atoms with Crippen molar-refractivity contribution in [1.29, 1.82) is 0 Å². The number of para-hydroxylation sites is 2. The van der Waals surface area contributed by atoms with E-state index in [-0.39, 0.29) is 21.1 Å². The van der Waals surface area contributed by atoms with Gasteiger partial charge in [0.2, 0.25) is 0 Å². The molecule has 2 aromatic carbocycles. The molecule has 104 valence electrons. The Labute approximate surface area is 132 Å². The SMILES string of the molecule is Cc1ccn(-c2[c-]cccc2Oc2ccccc2)n1.[Pt]. The van der Waals surface area contributed by atoms with E-state index < -0.39 is 0 Å². The van der Waals surface area contributed by atoms with E-state index in [1.54, 1.807) is 4.68 Å². The zero-order valence-electron chi connectivity index (χ0n) is 10.9. The molecule has 0 saturated carbocycles. The Bertz CT molecular complexity index is 680. The Kier molecular flexibility index (Phi) is 4.75. The summed E-state index contributed by atoms with van der Waals surface area (Å²) < 4.78 is 7.65. The average Bonchev–Trinajstić information content (AvgIpc) is 2.87. The van der Waals surface area contributed by atoms with E-state index >= 15 is 0 Å². The van der Waals surface area contributed by atoms with Gasteiger partial charge in [-0.05, 0) is 30.8 Å². The van der Waals surface area contributed by atoms with Gasteiger partial charge in [-0.2, -0.15) is 23.3 Å². The van der Waals surface area contributed by atoms with Crippen LogP contribution < -0.4 is 4.74 Å². The summed E-state index contributed by atoms with van der Waals surface area (Å²) in [5, 5.41) is 4.39. The molecule has 0 radical (unpaired) electrons. The topological polar surface area (TPSA) is 27.1 Å². The first-order chi connectivity index (χ1) is 9.33. The zero-order chi connectivity index (χ0) is 13.1.